The van der Waals surface area contributed by atoms with E-state index in [1.165, 1.54) is 12.8 Å². The molecule has 9 heavy (non-hydrogen) atoms. The molecule has 0 heterocycles. The highest BCUT2D eigenvalue weighted by molar-refractivity contribution is 4.75. The summed E-state index contributed by atoms with van der Waals surface area (Å²) in [6, 6.07) is 0. The van der Waals surface area contributed by atoms with Crippen LogP contribution in [0.15, 0.2) is 0 Å². The van der Waals surface area contributed by atoms with Gasteiger partial charge in [0.2, 0.25) is 0 Å². The van der Waals surface area contributed by atoms with Crippen molar-refractivity contribution in [1.29, 1.82) is 0 Å². The zero-order chi connectivity index (χ0) is 6.69. The molecule has 1 heteroatoms. The molecular weight excluding hydrogens is 112 g/mol. The Morgan fingerprint density at radius 1 is 1.56 bits per heavy atom. The van der Waals surface area contributed by atoms with Gasteiger partial charge in [-0.3, -0.25) is 0 Å². The maximum absolute atomic E-state index is 5.34. The highest BCUT2D eigenvalue weighted by Crippen LogP contribution is 2.25. The van der Waals surface area contributed by atoms with Crippen LogP contribution < -0.4 is 0 Å². The molecule has 0 N–H and O–H groups in total. The molecular formula is C8H15O. The Balaban J connectivity index is 1.81. The fourth-order valence-electron chi connectivity index (χ4n) is 0.588. The summed E-state index contributed by atoms with van der Waals surface area (Å²) in [5, 5.41) is 0. The maximum Gasteiger partial charge on any atom is 0.0843 e. The van der Waals surface area contributed by atoms with Crippen LogP contribution in [0.4, 0.5) is 0 Å². The zero-order valence-electron chi connectivity index (χ0n) is 6.26. The number of hydrogen-bond acceptors (Lipinski definition) is 1. The van der Waals surface area contributed by atoms with Crippen molar-refractivity contribution in [3.05, 3.63) is 6.61 Å². The third kappa shape index (κ3) is 3.52. The average Bonchev–Trinajstić information content (AvgIpc) is 2.48. The first-order valence-electron chi connectivity index (χ1n) is 3.76. The summed E-state index contributed by atoms with van der Waals surface area (Å²) in [5.74, 6) is 0.740. The Labute approximate surface area is 57.4 Å². The van der Waals surface area contributed by atoms with E-state index >= 15 is 0 Å². The molecule has 1 nitrogen and oxygen atoms in total. The lowest BCUT2D eigenvalue weighted by Gasteiger charge is -2.02. The molecule has 1 saturated carbocycles. The van der Waals surface area contributed by atoms with Gasteiger partial charge in [0.25, 0.3) is 0 Å². The van der Waals surface area contributed by atoms with Crippen molar-refractivity contribution in [2.75, 3.05) is 0 Å². The lowest BCUT2D eigenvalue weighted by atomic mass is 10.1. The molecule has 0 atom stereocenters. The third-order valence-electron chi connectivity index (χ3n) is 1.38. The lowest BCUT2D eigenvalue weighted by Crippen LogP contribution is -1.93. The number of ether oxygens (including phenoxy) is 1. The zero-order valence-corrected chi connectivity index (χ0v) is 6.26. The minimum Gasteiger partial charge on any atom is -0.372 e. The molecule has 1 fully saturated rings. The Morgan fingerprint density at radius 2 is 2.22 bits per heavy atom. The van der Waals surface area contributed by atoms with Gasteiger partial charge in [0.1, 0.15) is 0 Å². The van der Waals surface area contributed by atoms with Crippen LogP contribution in [0.5, 0.6) is 0 Å². The van der Waals surface area contributed by atoms with Gasteiger partial charge in [-0.1, -0.05) is 13.8 Å². The minimum absolute atomic E-state index is 0.587. The van der Waals surface area contributed by atoms with Gasteiger partial charge in [-0.05, 0) is 25.2 Å². The number of hydrogen-bond donors (Lipinski definition) is 0. The smallest absolute Gasteiger partial charge is 0.0843 e. The molecule has 0 spiro atoms. The van der Waals surface area contributed by atoms with E-state index in [9.17, 15) is 0 Å². The second kappa shape index (κ2) is 3.21. The SMILES string of the molecule is CC(C)C[CH]OC1CC1. The van der Waals surface area contributed by atoms with Gasteiger partial charge in [0.15, 0.2) is 0 Å². The molecule has 0 aromatic rings. The molecule has 0 aromatic carbocycles. The van der Waals surface area contributed by atoms with Crippen LogP contribution in [-0.2, 0) is 4.74 Å². The van der Waals surface area contributed by atoms with E-state index < -0.39 is 0 Å². The van der Waals surface area contributed by atoms with Crippen molar-refractivity contribution in [2.24, 2.45) is 5.92 Å². The van der Waals surface area contributed by atoms with E-state index in [-0.39, 0.29) is 0 Å². The first-order chi connectivity index (χ1) is 4.29. The molecule has 1 aliphatic carbocycles. The van der Waals surface area contributed by atoms with Crippen LogP contribution in [0.25, 0.3) is 0 Å². The fraction of sp³-hybridized carbons (Fsp3) is 0.875. The molecule has 53 valence electrons. The summed E-state index contributed by atoms with van der Waals surface area (Å²) in [6.45, 7) is 6.36. The molecule has 0 amide bonds. The van der Waals surface area contributed by atoms with Gasteiger partial charge in [-0.25, -0.2) is 0 Å². The largest absolute Gasteiger partial charge is 0.372 e. The average molecular weight is 127 g/mol. The van der Waals surface area contributed by atoms with Crippen LogP contribution in [0.1, 0.15) is 33.1 Å². The monoisotopic (exact) mass is 127 g/mol. The van der Waals surface area contributed by atoms with Crippen molar-refractivity contribution >= 4 is 0 Å². The maximum atomic E-state index is 5.34. The predicted molar refractivity (Wildman–Crippen MR) is 37.9 cm³/mol. The lowest BCUT2D eigenvalue weighted by molar-refractivity contribution is 0.169. The second-order valence-corrected chi connectivity index (χ2v) is 3.13. The molecule has 0 aromatic heterocycles. The third-order valence-corrected chi connectivity index (χ3v) is 1.38. The molecule has 0 unspecified atom stereocenters. The van der Waals surface area contributed by atoms with Gasteiger partial charge in [0.05, 0.1) is 12.7 Å². The van der Waals surface area contributed by atoms with Crippen LogP contribution in [0.2, 0.25) is 0 Å². The predicted octanol–water partition coefficient (Wildman–Crippen LogP) is 2.37. The molecule has 0 bridgehead atoms. The summed E-state index contributed by atoms with van der Waals surface area (Å²) in [4.78, 5) is 0. The normalized spacial score (nSPS) is 19.0. The summed E-state index contributed by atoms with van der Waals surface area (Å²) in [5.41, 5.74) is 0. The van der Waals surface area contributed by atoms with E-state index in [1.807, 2.05) is 6.61 Å². The van der Waals surface area contributed by atoms with Gasteiger partial charge in [-0.2, -0.15) is 0 Å². The van der Waals surface area contributed by atoms with Crippen molar-refractivity contribution in [2.45, 2.75) is 39.2 Å². The summed E-state index contributed by atoms with van der Waals surface area (Å²) >= 11 is 0. The summed E-state index contributed by atoms with van der Waals surface area (Å²) < 4.78 is 5.34. The van der Waals surface area contributed by atoms with Gasteiger partial charge < -0.3 is 4.74 Å². The Morgan fingerprint density at radius 3 is 2.67 bits per heavy atom. The Bertz CT molecular complexity index is 72.6. The van der Waals surface area contributed by atoms with Crippen LogP contribution in [0.3, 0.4) is 0 Å². The van der Waals surface area contributed by atoms with Crippen molar-refractivity contribution in [3.8, 4) is 0 Å². The Kier molecular flexibility index (Phi) is 2.52. The molecule has 0 saturated heterocycles. The van der Waals surface area contributed by atoms with Crippen LogP contribution >= 0.6 is 0 Å². The van der Waals surface area contributed by atoms with Gasteiger partial charge in [0, 0.05) is 0 Å². The highest BCUT2D eigenvalue weighted by atomic mass is 16.5. The van der Waals surface area contributed by atoms with Crippen molar-refractivity contribution < 1.29 is 4.74 Å². The second-order valence-electron chi connectivity index (χ2n) is 3.13. The Hall–Kier alpha value is -0.0400. The van der Waals surface area contributed by atoms with Gasteiger partial charge in [-0.15, -0.1) is 0 Å². The van der Waals surface area contributed by atoms with Gasteiger partial charge >= 0.3 is 0 Å². The number of rotatable bonds is 4. The van der Waals surface area contributed by atoms with E-state index in [2.05, 4.69) is 13.8 Å². The van der Waals surface area contributed by atoms with Crippen molar-refractivity contribution in [1.82, 2.24) is 0 Å². The minimum atomic E-state index is 0.587. The van der Waals surface area contributed by atoms with Crippen LogP contribution in [-0.4, -0.2) is 6.10 Å². The van der Waals surface area contributed by atoms with E-state index in [4.69, 9.17) is 4.74 Å². The summed E-state index contributed by atoms with van der Waals surface area (Å²) in [6.07, 6.45) is 4.23. The summed E-state index contributed by atoms with van der Waals surface area (Å²) in [7, 11) is 0. The van der Waals surface area contributed by atoms with E-state index in [0.717, 1.165) is 12.3 Å². The quantitative estimate of drug-likeness (QED) is 0.563. The van der Waals surface area contributed by atoms with E-state index in [1.54, 1.807) is 0 Å². The first kappa shape index (κ1) is 7.07. The highest BCUT2D eigenvalue weighted by Gasteiger charge is 2.21. The van der Waals surface area contributed by atoms with E-state index in [0.29, 0.717) is 6.10 Å². The van der Waals surface area contributed by atoms with Crippen LogP contribution in [0, 0.1) is 12.5 Å². The van der Waals surface area contributed by atoms with Crippen molar-refractivity contribution in [3.63, 3.8) is 0 Å². The first-order valence-corrected chi connectivity index (χ1v) is 3.76. The molecule has 0 aliphatic heterocycles. The fourth-order valence-corrected chi connectivity index (χ4v) is 0.588. The topological polar surface area (TPSA) is 9.23 Å². The molecule has 1 aliphatic rings. The molecule has 1 rings (SSSR count). The molecule has 1 radical (unpaired) electrons. The standard InChI is InChI=1S/C8H15O/c1-7(2)5-6-9-8-3-4-8/h6-8H,3-5H2,1-2H3.